The second-order valence-corrected chi connectivity index (χ2v) is 4.56. The molecule has 104 valence electrons. The lowest BCUT2D eigenvalue weighted by Crippen LogP contribution is -2.08. The Hall–Kier alpha value is -2.57. The Labute approximate surface area is 116 Å². The number of carboxylic acid groups (broad SMARTS) is 1. The average Bonchev–Trinajstić information content (AvgIpc) is 2.81. The van der Waals surface area contributed by atoms with Crippen molar-refractivity contribution in [3.63, 3.8) is 0 Å². The van der Waals surface area contributed by atoms with Crippen LogP contribution in [0, 0.1) is 0 Å². The molecule has 2 rings (SSSR count). The number of aromatic nitrogens is 5. The summed E-state index contributed by atoms with van der Waals surface area (Å²) in [7, 11) is 1.78. The van der Waals surface area contributed by atoms with Crippen LogP contribution >= 0.6 is 0 Å². The molecule has 7 nitrogen and oxygen atoms in total. The summed E-state index contributed by atoms with van der Waals surface area (Å²) in [4.78, 5) is 23.5. The van der Waals surface area contributed by atoms with Crippen molar-refractivity contribution in [1.82, 2.24) is 24.7 Å². The van der Waals surface area contributed by atoms with E-state index >= 15 is 0 Å². The van der Waals surface area contributed by atoms with Gasteiger partial charge in [0.2, 0.25) is 0 Å². The van der Waals surface area contributed by atoms with Crippen molar-refractivity contribution < 1.29 is 9.90 Å². The SMILES string of the molecule is CC(C)c1nc(C=Cc2ncnn2C)ncc1C(=O)O. The zero-order valence-corrected chi connectivity index (χ0v) is 11.5. The van der Waals surface area contributed by atoms with Crippen molar-refractivity contribution in [1.29, 1.82) is 0 Å². The first-order valence-corrected chi connectivity index (χ1v) is 6.11. The van der Waals surface area contributed by atoms with Crippen LogP contribution in [0.25, 0.3) is 12.2 Å². The Morgan fingerprint density at radius 2 is 2.10 bits per heavy atom. The van der Waals surface area contributed by atoms with Gasteiger partial charge < -0.3 is 5.11 Å². The molecule has 1 N–H and O–H groups in total. The van der Waals surface area contributed by atoms with Gasteiger partial charge in [0.25, 0.3) is 0 Å². The van der Waals surface area contributed by atoms with E-state index in [1.807, 2.05) is 13.8 Å². The lowest BCUT2D eigenvalue weighted by atomic mass is 10.1. The molecule has 7 heteroatoms. The molecule has 2 aromatic rings. The zero-order chi connectivity index (χ0) is 14.7. The van der Waals surface area contributed by atoms with Gasteiger partial charge in [-0.05, 0) is 18.1 Å². The van der Waals surface area contributed by atoms with Crippen molar-refractivity contribution in [3.05, 3.63) is 35.4 Å². The van der Waals surface area contributed by atoms with E-state index in [1.165, 1.54) is 12.5 Å². The molecule has 0 saturated carbocycles. The highest BCUT2D eigenvalue weighted by atomic mass is 16.4. The quantitative estimate of drug-likeness (QED) is 0.909. The van der Waals surface area contributed by atoms with Gasteiger partial charge in [-0.2, -0.15) is 5.10 Å². The monoisotopic (exact) mass is 273 g/mol. The van der Waals surface area contributed by atoms with Crippen molar-refractivity contribution in [2.24, 2.45) is 7.05 Å². The van der Waals surface area contributed by atoms with Crippen LogP contribution in [0.4, 0.5) is 0 Å². The Kier molecular flexibility index (Phi) is 3.88. The molecule has 0 aromatic carbocycles. The van der Waals surface area contributed by atoms with Gasteiger partial charge in [-0.25, -0.2) is 24.4 Å². The summed E-state index contributed by atoms with van der Waals surface area (Å²) in [6.45, 7) is 3.79. The molecule has 0 radical (unpaired) electrons. The van der Waals surface area contributed by atoms with Crippen LogP contribution < -0.4 is 0 Å². The van der Waals surface area contributed by atoms with Crippen LogP contribution in [0.2, 0.25) is 0 Å². The van der Waals surface area contributed by atoms with Gasteiger partial charge in [-0.1, -0.05) is 13.8 Å². The van der Waals surface area contributed by atoms with Gasteiger partial charge in [-0.3, -0.25) is 0 Å². The summed E-state index contributed by atoms with van der Waals surface area (Å²) in [6, 6.07) is 0. The van der Waals surface area contributed by atoms with Gasteiger partial charge in [-0.15, -0.1) is 0 Å². The number of hydrogen-bond donors (Lipinski definition) is 1. The molecule has 2 aromatic heterocycles. The van der Waals surface area contributed by atoms with Crippen LogP contribution in [0.15, 0.2) is 12.5 Å². The van der Waals surface area contributed by atoms with Crippen molar-refractivity contribution in [2.45, 2.75) is 19.8 Å². The smallest absolute Gasteiger partial charge is 0.339 e. The summed E-state index contributed by atoms with van der Waals surface area (Å²) in [5.74, 6) is 0.104. The first-order chi connectivity index (χ1) is 9.49. The van der Waals surface area contributed by atoms with E-state index in [-0.39, 0.29) is 11.5 Å². The van der Waals surface area contributed by atoms with Crippen LogP contribution in [-0.2, 0) is 7.05 Å². The maximum Gasteiger partial charge on any atom is 0.339 e. The fourth-order valence-corrected chi connectivity index (χ4v) is 1.70. The van der Waals surface area contributed by atoms with Crippen molar-refractivity contribution in [3.8, 4) is 0 Å². The molecule has 0 bridgehead atoms. The van der Waals surface area contributed by atoms with Gasteiger partial charge in [0.1, 0.15) is 6.33 Å². The van der Waals surface area contributed by atoms with Crippen LogP contribution in [0.5, 0.6) is 0 Å². The largest absolute Gasteiger partial charge is 0.478 e. The number of nitrogens with zero attached hydrogens (tertiary/aromatic N) is 5. The van der Waals surface area contributed by atoms with E-state index in [4.69, 9.17) is 5.11 Å². The lowest BCUT2D eigenvalue weighted by Gasteiger charge is -2.08. The minimum absolute atomic E-state index is 0.00563. The minimum Gasteiger partial charge on any atom is -0.478 e. The molecule has 0 unspecified atom stereocenters. The number of carbonyl (C=O) groups is 1. The number of aromatic carboxylic acids is 1. The number of rotatable bonds is 4. The van der Waals surface area contributed by atoms with E-state index in [0.717, 1.165) is 0 Å². The Bertz CT molecular complexity index is 661. The zero-order valence-electron chi connectivity index (χ0n) is 11.5. The predicted octanol–water partition coefficient (Wildman–Crippen LogP) is 1.60. The molecule has 0 spiro atoms. The van der Waals surface area contributed by atoms with Gasteiger partial charge >= 0.3 is 5.97 Å². The summed E-state index contributed by atoms with van der Waals surface area (Å²) in [6.07, 6.45) is 6.20. The summed E-state index contributed by atoms with van der Waals surface area (Å²) in [5, 5.41) is 13.1. The third-order valence-corrected chi connectivity index (χ3v) is 2.74. The molecular formula is C13H15N5O2. The Morgan fingerprint density at radius 3 is 2.65 bits per heavy atom. The molecule has 2 heterocycles. The normalized spacial score (nSPS) is 11.4. The van der Waals surface area contributed by atoms with Crippen LogP contribution in [0.1, 0.15) is 47.5 Å². The molecule has 20 heavy (non-hydrogen) atoms. The highest BCUT2D eigenvalue weighted by Gasteiger charge is 2.15. The van der Waals surface area contributed by atoms with E-state index in [2.05, 4.69) is 20.1 Å². The fraction of sp³-hybridized carbons (Fsp3) is 0.308. The molecule has 0 fully saturated rings. The fourth-order valence-electron chi connectivity index (χ4n) is 1.70. The Morgan fingerprint density at radius 1 is 1.35 bits per heavy atom. The highest BCUT2D eigenvalue weighted by molar-refractivity contribution is 5.88. The molecular weight excluding hydrogens is 258 g/mol. The highest BCUT2D eigenvalue weighted by Crippen LogP contribution is 2.17. The second-order valence-electron chi connectivity index (χ2n) is 4.56. The lowest BCUT2D eigenvalue weighted by molar-refractivity contribution is 0.0694. The third-order valence-electron chi connectivity index (χ3n) is 2.74. The summed E-state index contributed by atoms with van der Waals surface area (Å²) < 4.78 is 1.62. The van der Waals surface area contributed by atoms with E-state index in [9.17, 15) is 4.79 Å². The van der Waals surface area contributed by atoms with Crippen LogP contribution in [-0.4, -0.2) is 35.8 Å². The van der Waals surface area contributed by atoms with E-state index in [1.54, 1.807) is 23.9 Å². The number of hydrogen-bond acceptors (Lipinski definition) is 5. The van der Waals surface area contributed by atoms with Gasteiger partial charge in [0.05, 0.1) is 11.3 Å². The molecule has 0 atom stereocenters. The topological polar surface area (TPSA) is 93.8 Å². The molecule has 0 saturated heterocycles. The van der Waals surface area contributed by atoms with Crippen LogP contribution in [0.3, 0.4) is 0 Å². The number of aryl methyl sites for hydroxylation is 1. The summed E-state index contributed by atoms with van der Waals surface area (Å²) >= 11 is 0. The maximum absolute atomic E-state index is 11.1. The van der Waals surface area contributed by atoms with E-state index < -0.39 is 5.97 Å². The first kappa shape index (κ1) is 13.9. The summed E-state index contributed by atoms with van der Waals surface area (Å²) in [5.41, 5.74) is 0.654. The third kappa shape index (κ3) is 2.87. The molecule has 0 aliphatic carbocycles. The molecule has 0 amide bonds. The molecule has 0 aliphatic heterocycles. The van der Waals surface area contributed by atoms with E-state index in [0.29, 0.717) is 17.3 Å². The second kappa shape index (κ2) is 5.60. The first-order valence-electron chi connectivity index (χ1n) is 6.11. The van der Waals surface area contributed by atoms with Gasteiger partial charge in [0.15, 0.2) is 11.6 Å². The van der Waals surface area contributed by atoms with Gasteiger partial charge in [0, 0.05) is 13.2 Å². The number of carboxylic acids is 1. The molecule has 0 aliphatic rings. The van der Waals surface area contributed by atoms with Crippen molar-refractivity contribution >= 4 is 18.1 Å². The van der Waals surface area contributed by atoms with Crippen molar-refractivity contribution in [2.75, 3.05) is 0 Å². The maximum atomic E-state index is 11.1. The average molecular weight is 273 g/mol. The standard InChI is InChI=1S/C13H15N5O2/c1-8(2)12-9(13(19)20)6-14-10(17-12)4-5-11-15-7-16-18(11)3/h4-8H,1-3H3,(H,19,20). The predicted molar refractivity (Wildman–Crippen MR) is 73.0 cm³/mol. The minimum atomic E-state index is -1.02. The Balaban J connectivity index is 2.34.